The molecule has 3 rings (SSSR count). The molecular weight excluding hydrogens is 290 g/mol. The fourth-order valence-corrected chi connectivity index (χ4v) is 2.34. The Labute approximate surface area is 125 Å². The van der Waals surface area contributed by atoms with Crippen molar-refractivity contribution >= 4 is 28.5 Å². The lowest BCUT2D eigenvalue weighted by Crippen LogP contribution is -1.96. The van der Waals surface area contributed by atoms with Crippen molar-refractivity contribution < 1.29 is 14.6 Å². The summed E-state index contributed by atoms with van der Waals surface area (Å²) in [5, 5.41) is 10.5. The van der Waals surface area contributed by atoms with Crippen molar-refractivity contribution in [3.8, 4) is 5.75 Å². The molecule has 0 unspecified atom stereocenters. The number of halogens is 1. The lowest BCUT2D eigenvalue weighted by molar-refractivity contribution is 0.0697. The van der Waals surface area contributed by atoms with Crippen molar-refractivity contribution in [2.45, 2.75) is 6.61 Å². The molecule has 0 bridgehead atoms. The Morgan fingerprint density at radius 3 is 2.86 bits per heavy atom. The molecule has 0 atom stereocenters. The molecule has 2 aromatic carbocycles. The van der Waals surface area contributed by atoms with Crippen molar-refractivity contribution in [1.29, 1.82) is 0 Å². The maximum atomic E-state index is 10.9. The monoisotopic (exact) mass is 301 g/mol. The molecule has 0 aliphatic rings. The molecule has 5 heteroatoms. The average Bonchev–Trinajstić information content (AvgIpc) is 2.87. The molecule has 0 saturated heterocycles. The zero-order valence-electron chi connectivity index (χ0n) is 11.0. The Hall–Kier alpha value is -2.46. The molecule has 0 spiro atoms. The van der Waals surface area contributed by atoms with Crippen molar-refractivity contribution in [1.82, 2.24) is 4.98 Å². The number of carboxylic acids is 1. The van der Waals surface area contributed by atoms with Gasteiger partial charge in [0.1, 0.15) is 12.4 Å². The van der Waals surface area contributed by atoms with Crippen molar-refractivity contribution in [2.75, 3.05) is 0 Å². The lowest BCUT2D eigenvalue weighted by Gasteiger charge is -2.05. The Kier molecular flexibility index (Phi) is 3.54. The summed E-state index contributed by atoms with van der Waals surface area (Å²) in [5.74, 6) is -0.248. The number of hydrogen-bond donors (Lipinski definition) is 2. The van der Waals surface area contributed by atoms with Crippen LogP contribution in [0.4, 0.5) is 0 Å². The highest BCUT2D eigenvalue weighted by Gasteiger charge is 2.08. The second kappa shape index (κ2) is 5.50. The number of aromatic amines is 1. The molecule has 106 valence electrons. The average molecular weight is 302 g/mol. The number of ether oxygens (including phenoxy) is 1. The topological polar surface area (TPSA) is 62.3 Å². The van der Waals surface area contributed by atoms with Crippen LogP contribution >= 0.6 is 11.6 Å². The quantitative estimate of drug-likeness (QED) is 0.762. The van der Waals surface area contributed by atoms with Crippen LogP contribution in [0.2, 0.25) is 5.02 Å². The zero-order chi connectivity index (χ0) is 14.8. The number of fused-ring (bicyclic) bond motifs is 1. The van der Waals surface area contributed by atoms with Crippen LogP contribution in [0.3, 0.4) is 0 Å². The van der Waals surface area contributed by atoms with E-state index in [2.05, 4.69) is 4.98 Å². The number of aromatic carboxylic acids is 1. The highest BCUT2D eigenvalue weighted by atomic mass is 35.5. The normalized spacial score (nSPS) is 10.7. The zero-order valence-corrected chi connectivity index (χ0v) is 11.7. The molecule has 0 radical (unpaired) electrons. The molecule has 0 aliphatic heterocycles. The fourth-order valence-electron chi connectivity index (χ4n) is 2.16. The molecule has 3 aromatic rings. The Balaban J connectivity index is 1.83. The number of hydrogen-bond acceptors (Lipinski definition) is 2. The SMILES string of the molecule is O=C(O)c1ccc2c(COc3cccc(Cl)c3)c[nH]c2c1. The summed E-state index contributed by atoms with van der Waals surface area (Å²) in [7, 11) is 0. The number of rotatable bonds is 4. The summed E-state index contributed by atoms with van der Waals surface area (Å²) in [6.45, 7) is 0.382. The first-order valence-electron chi connectivity index (χ1n) is 6.35. The predicted octanol–water partition coefficient (Wildman–Crippen LogP) is 4.10. The minimum Gasteiger partial charge on any atom is -0.489 e. The van der Waals surface area contributed by atoms with Gasteiger partial charge in [-0.25, -0.2) is 4.79 Å². The van der Waals surface area contributed by atoms with Gasteiger partial charge in [0, 0.05) is 27.7 Å². The highest BCUT2D eigenvalue weighted by molar-refractivity contribution is 6.30. The first-order chi connectivity index (χ1) is 10.1. The predicted molar refractivity (Wildman–Crippen MR) is 81.0 cm³/mol. The van der Waals surface area contributed by atoms with Crippen molar-refractivity contribution in [3.63, 3.8) is 0 Å². The van der Waals surface area contributed by atoms with E-state index in [-0.39, 0.29) is 5.56 Å². The van der Waals surface area contributed by atoms with Crippen molar-refractivity contribution in [3.05, 3.63) is 64.8 Å². The fraction of sp³-hybridized carbons (Fsp3) is 0.0625. The van der Waals surface area contributed by atoms with E-state index >= 15 is 0 Å². The van der Waals surface area contributed by atoms with Crippen LogP contribution in [-0.4, -0.2) is 16.1 Å². The van der Waals surface area contributed by atoms with Gasteiger partial charge in [-0.2, -0.15) is 0 Å². The molecule has 0 fully saturated rings. The van der Waals surface area contributed by atoms with Gasteiger partial charge >= 0.3 is 5.97 Å². The van der Waals surface area contributed by atoms with Gasteiger partial charge in [-0.05, 0) is 30.3 Å². The minimum absolute atomic E-state index is 0.256. The Morgan fingerprint density at radius 1 is 1.24 bits per heavy atom. The van der Waals surface area contributed by atoms with Gasteiger partial charge in [-0.3, -0.25) is 0 Å². The maximum absolute atomic E-state index is 10.9. The number of nitrogens with one attached hydrogen (secondary N) is 1. The van der Waals surface area contributed by atoms with Crippen LogP contribution in [0.5, 0.6) is 5.75 Å². The van der Waals surface area contributed by atoms with Crippen LogP contribution in [0.15, 0.2) is 48.7 Å². The molecule has 2 N–H and O–H groups in total. The van der Waals surface area contributed by atoms with E-state index < -0.39 is 5.97 Å². The van der Waals surface area contributed by atoms with Crippen LogP contribution < -0.4 is 4.74 Å². The summed E-state index contributed by atoms with van der Waals surface area (Å²) < 4.78 is 5.70. The Bertz CT molecular complexity index is 810. The van der Waals surface area contributed by atoms with Gasteiger partial charge in [0.05, 0.1) is 5.56 Å². The Morgan fingerprint density at radius 2 is 2.10 bits per heavy atom. The summed E-state index contributed by atoms with van der Waals surface area (Å²) in [6.07, 6.45) is 1.82. The largest absolute Gasteiger partial charge is 0.489 e. The molecular formula is C16H12ClNO3. The second-order valence-corrected chi connectivity index (χ2v) is 5.06. The van der Waals surface area contributed by atoms with Gasteiger partial charge in [0.15, 0.2) is 0 Å². The molecule has 1 heterocycles. The third-order valence-electron chi connectivity index (χ3n) is 3.20. The summed E-state index contributed by atoms with van der Waals surface area (Å²) >= 11 is 5.91. The van der Waals surface area contributed by atoms with Crippen LogP contribution in [-0.2, 0) is 6.61 Å². The standard InChI is InChI=1S/C16H12ClNO3/c17-12-2-1-3-13(7-12)21-9-11-8-18-15-6-10(16(19)20)4-5-14(11)15/h1-8,18H,9H2,(H,19,20). The van der Waals surface area contributed by atoms with Crippen LogP contribution in [0, 0.1) is 0 Å². The number of aromatic nitrogens is 1. The smallest absolute Gasteiger partial charge is 0.335 e. The number of benzene rings is 2. The van der Waals surface area contributed by atoms with Gasteiger partial charge in [0.2, 0.25) is 0 Å². The van der Waals surface area contributed by atoms with Crippen LogP contribution in [0.1, 0.15) is 15.9 Å². The summed E-state index contributed by atoms with van der Waals surface area (Å²) in [4.78, 5) is 14.0. The van der Waals surface area contributed by atoms with E-state index in [1.165, 1.54) is 0 Å². The summed E-state index contributed by atoms with van der Waals surface area (Å²) in [5.41, 5.74) is 1.99. The number of carboxylic acid groups (broad SMARTS) is 1. The van der Waals surface area contributed by atoms with Crippen molar-refractivity contribution in [2.24, 2.45) is 0 Å². The van der Waals surface area contributed by atoms with E-state index in [1.807, 2.05) is 18.3 Å². The van der Waals surface area contributed by atoms with Gasteiger partial charge in [0.25, 0.3) is 0 Å². The van der Waals surface area contributed by atoms with Gasteiger partial charge in [-0.1, -0.05) is 23.7 Å². The molecule has 0 aliphatic carbocycles. The first kappa shape index (κ1) is 13.5. The van der Waals surface area contributed by atoms with E-state index in [4.69, 9.17) is 21.4 Å². The lowest BCUT2D eigenvalue weighted by atomic mass is 10.1. The summed E-state index contributed by atoms with van der Waals surface area (Å²) in [6, 6.07) is 12.2. The third-order valence-corrected chi connectivity index (χ3v) is 3.44. The third kappa shape index (κ3) is 2.85. The second-order valence-electron chi connectivity index (χ2n) is 4.63. The van der Waals surface area contributed by atoms with E-state index in [0.29, 0.717) is 17.4 Å². The van der Waals surface area contributed by atoms with E-state index in [0.717, 1.165) is 16.5 Å². The molecule has 21 heavy (non-hydrogen) atoms. The van der Waals surface area contributed by atoms with Crippen LogP contribution in [0.25, 0.3) is 10.9 Å². The highest BCUT2D eigenvalue weighted by Crippen LogP contribution is 2.23. The maximum Gasteiger partial charge on any atom is 0.335 e. The minimum atomic E-state index is -0.941. The van der Waals surface area contributed by atoms with Gasteiger partial charge in [-0.15, -0.1) is 0 Å². The molecule has 0 amide bonds. The number of carbonyl (C=O) groups is 1. The van der Waals surface area contributed by atoms with Gasteiger partial charge < -0.3 is 14.8 Å². The molecule has 1 aromatic heterocycles. The number of H-pyrrole nitrogens is 1. The first-order valence-corrected chi connectivity index (χ1v) is 6.73. The van der Waals surface area contributed by atoms with E-state index in [1.54, 1.807) is 30.3 Å². The van der Waals surface area contributed by atoms with E-state index in [9.17, 15) is 4.79 Å². The molecule has 0 saturated carbocycles. The molecule has 4 nitrogen and oxygen atoms in total.